The molecule has 1 saturated heterocycles. The quantitative estimate of drug-likeness (QED) is 0.648. The summed E-state index contributed by atoms with van der Waals surface area (Å²) in [4.78, 5) is 26.3. The van der Waals surface area contributed by atoms with Gasteiger partial charge in [-0.25, -0.2) is 0 Å². The third-order valence-corrected chi connectivity index (χ3v) is 4.01. The second kappa shape index (κ2) is 7.09. The van der Waals surface area contributed by atoms with Crippen molar-refractivity contribution < 1.29 is 9.59 Å². The Labute approximate surface area is 135 Å². The fourth-order valence-electron chi connectivity index (χ4n) is 2.80. The minimum absolute atomic E-state index is 0.110. The van der Waals surface area contributed by atoms with Gasteiger partial charge in [-0.1, -0.05) is 18.2 Å². The highest BCUT2D eigenvalue weighted by Gasteiger charge is 2.37. The Morgan fingerprint density at radius 3 is 2.83 bits per heavy atom. The molecule has 1 unspecified atom stereocenters. The molecule has 1 N–H and O–H groups in total. The number of nitrogens with one attached hydrogen (secondary N) is 1. The van der Waals surface area contributed by atoms with Gasteiger partial charge in [0.15, 0.2) is 0 Å². The van der Waals surface area contributed by atoms with Crippen molar-refractivity contribution in [1.82, 2.24) is 15.1 Å². The van der Waals surface area contributed by atoms with Crippen molar-refractivity contribution in [3.05, 3.63) is 48.8 Å². The Morgan fingerprint density at radius 1 is 1.26 bits per heavy atom. The van der Waals surface area contributed by atoms with E-state index in [1.54, 1.807) is 11.1 Å². The van der Waals surface area contributed by atoms with Crippen LogP contribution in [-0.2, 0) is 16.1 Å². The maximum absolute atomic E-state index is 12.4. The second-order valence-electron chi connectivity index (χ2n) is 5.58. The molecule has 3 rings (SSSR count). The summed E-state index contributed by atoms with van der Waals surface area (Å²) in [6.07, 6.45) is 4.98. The van der Waals surface area contributed by atoms with Crippen LogP contribution >= 0.6 is 0 Å². The van der Waals surface area contributed by atoms with Gasteiger partial charge in [0.2, 0.25) is 11.8 Å². The lowest BCUT2D eigenvalue weighted by Crippen LogP contribution is -2.37. The standard InChI is InChI=1S/C17H20N4O2/c22-16(18-9-4-11-20-12-5-10-19-20)15-8-13-21(17(15)23)14-6-2-1-3-7-14/h1-3,5-7,10,12,15H,4,8-9,11,13H2,(H,18,22). The van der Waals surface area contributed by atoms with E-state index in [1.807, 2.05) is 47.3 Å². The number of aryl methyl sites for hydroxylation is 1. The van der Waals surface area contributed by atoms with Crippen LogP contribution < -0.4 is 10.2 Å². The Bertz CT molecular complexity index is 654. The topological polar surface area (TPSA) is 67.2 Å². The molecule has 6 nitrogen and oxygen atoms in total. The first-order valence-corrected chi connectivity index (χ1v) is 7.87. The number of benzene rings is 1. The number of carbonyl (C=O) groups is 2. The molecule has 1 aliphatic heterocycles. The van der Waals surface area contributed by atoms with Crippen molar-refractivity contribution in [2.75, 3.05) is 18.0 Å². The van der Waals surface area contributed by atoms with Crippen LogP contribution in [-0.4, -0.2) is 34.7 Å². The van der Waals surface area contributed by atoms with Gasteiger partial charge in [0.25, 0.3) is 0 Å². The summed E-state index contributed by atoms with van der Waals surface area (Å²) in [6.45, 7) is 1.89. The molecule has 1 atom stereocenters. The molecule has 0 bridgehead atoms. The highest BCUT2D eigenvalue weighted by molar-refractivity contribution is 6.09. The molecule has 1 fully saturated rings. The maximum atomic E-state index is 12.4. The molecule has 1 aromatic carbocycles. The molecule has 6 heteroatoms. The van der Waals surface area contributed by atoms with Gasteiger partial charge >= 0.3 is 0 Å². The number of amides is 2. The zero-order valence-corrected chi connectivity index (χ0v) is 12.9. The molecule has 2 amide bonds. The van der Waals surface area contributed by atoms with Crippen molar-refractivity contribution in [2.24, 2.45) is 5.92 Å². The number of rotatable bonds is 6. The van der Waals surface area contributed by atoms with Gasteiger partial charge in [0.05, 0.1) is 0 Å². The lowest BCUT2D eigenvalue weighted by atomic mass is 10.1. The number of carbonyl (C=O) groups excluding carboxylic acids is 2. The highest BCUT2D eigenvalue weighted by atomic mass is 16.2. The summed E-state index contributed by atoms with van der Waals surface area (Å²) in [7, 11) is 0. The predicted octanol–water partition coefficient (Wildman–Crippen LogP) is 1.44. The zero-order chi connectivity index (χ0) is 16.1. The van der Waals surface area contributed by atoms with E-state index in [4.69, 9.17) is 0 Å². The van der Waals surface area contributed by atoms with Crippen molar-refractivity contribution in [2.45, 2.75) is 19.4 Å². The van der Waals surface area contributed by atoms with Crippen LogP contribution in [0.5, 0.6) is 0 Å². The zero-order valence-electron chi connectivity index (χ0n) is 12.9. The fraction of sp³-hybridized carbons (Fsp3) is 0.353. The molecule has 0 spiro atoms. The van der Waals surface area contributed by atoms with Crippen molar-refractivity contribution in [1.29, 1.82) is 0 Å². The Morgan fingerprint density at radius 2 is 2.09 bits per heavy atom. The number of nitrogens with zero attached hydrogens (tertiary/aromatic N) is 3. The van der Waals surface area contributed by atoms with Gasteiger partial charge in [-0.3, -0.25) is 14.3 Å². The Hall–Kier alpha value is -2.63. The summed E-state index contributed by atoms with van der Waals surface area (Å²) >= 11 is 0. The van der Waals surface area contributed by atoms with Crippen LogP contribution in [0.15, 0.2) is 48.8 Å². The van der Waals surface area contributed by atoms with E-state index >= 15 is 0 Å². The monoisotopic (exact) mass is 312 g/mol. The lowest BCUT2D eigenvalue weighted by molar-refractivity contribution is -0.132. The minimum atomic E-state index is -0.570. The second-order valence-corrected chi connectivity index (χ2v) is 5.58. The number of anilines is 1. The van der Waals surface area contributed by atoms with Crippen LogP contribution in [0.4, 0.5) is 5.69 Å². The van der Waals surface area contributed by atoms with Gasteiger partial charge in [-0.2, -0.15) is 5.10 Å². The van der Waals surface area contributed by atoms with E-state index in [9.17, 15) is 9.59 Å². The van der Waals surface area contributed by atoms with Gasteiger partial charge in [0, 0.05) is 37.7 Å². The van der Waals surface area contributed by atoms with Gasteiger partial charge in [-0.15, -0.1) is 0 Å². The Balaban J connectivity index is 1.47. The molecular weight excluding hydrogens is 292 g/mol. The summed E-state index contributed by atoms with van der Waals surface area (Å²) in [6, 6.07) is 11.4. The average Bonchev–Trinajstić information content (AvgIpc) is 3.22. The molecule has 0 saturated carbocycles. The van der Waals surface area contributed by atoms with Crippen LogP contribution in [0.25, 0.3) is 0 Å². The Kier molecular flexibility index (Phi) is 4.71. The molecule has 0 radical (unpaired) electrons. The van der Waals surface area contributed by atoms with Gasteiger partial charge in [0.1, 0.15) is 5.92 Å². The van der Waals surface area contributed by atoms with Gasteiger partial charge < -0.3 is 10.2 Å². The van der Waals surface area contributed by atoms with E-state index < -0.39 is 5.92 Å². The highest BCUT2D eigenvalue weighted by Crippen LogP contribution is 2.24. The van der Waals surface area contributed by atoms with Crippen molar-refractivity contribution >= 4 is 17.5 Å². The lowest BCUT2D eigenvalue weighted by Gasteiger charge is -2.16. The first kappa shape index (κ1) is 15.3. The van der Waals surface area contributed by atoms with Gasteiger partial charge in [-0.05, 0) is 31.0 Å². The molecule has 23 heavy (non-hydrogen) atoms. The molecule has 0 aliphatic carbocycles. The third-order valence-electron chi connectivity index (χ3n) is 4.01. The van der Waals surface area contributed by atoms with Crippen LogP contribution in [0.3, 0.4) is 0 Å². The first-order chi connectivity index (χ1) is 11.3. The third kappa shape index (κ3) is 3.59. The van der Waals surface area contributed by atoms with Crippen LogP contribution in [0, 0.1) is 5.92 Å². The average molecular weight is 312 g/mol. The molecule has 2 aromatic rings. The molecule has 120 valence electrons. The smallest absolute Gasteiger partial charge is 0.239 e. The van der Waals surface area contributed by atoms with E-state index in [1.165, 1.54) is 0 Å². The number of hydrogen-bond acceptors (Lipinski definition) is 3. The largest absolute Gasteiger partial charge is 0.355 e. The first-order valence-electron chi connectivity index (χ1n) is 7.87. The fourth-order valence-corrected chi connectivity index (χ4v) is 2.80. The summed E-state index contributed by atoms with van der Waals surface area (Å²) < 4.78 is 1.82. The molecule has 1 aromatic heterocycles. The summed E-state index contributed by atoms with van der Waals surface area (Å²) in [5.74, 6) is -0.852. The molecular formula is C17H20N4O2. The maximum Gasteiger partial charge on any atom is 0.239 e. The van der Waals surface area contributed by atoms with Crippen molar-refractivity contribution in [3.63, 3.8) is 0 Å². The van der Waals surface area contributed by atoms with Crippen LogP contribution in [0.1, 0.15) is 12.8 Å². The number of para-hydroxylation sites is 1. The number of aromatic nitrogens is 2. The van der Waals surface area contributed by atoms with E-state index in [2.05, 4.69) is 10.4 Å². The summed E-state index contributed by atoms with van der Waals surface area (Å²) in [5, 5.41) is 6.97. The van der Waals surface area contributed by atoms with Crippen molar-refractivity contribution in [3.8, 4) is 0 Å². The number of hydrogen-bond donors (Lipinski definition) is 1. The normalized spacial score (nSPS) is 17.5. The summed E-state index contributed by atoms with van der Waals surface area (Å²) in [5.41, 5.74) is 0.853. The SMILES string of the molecule is O=C(NCCCn1cccn1)C1CCN(c2ccccc2)C1=O. The molecule has 2 heterocycles. The molecule has 1 aliphatic rings. The predicted molar refractivity (Wildman–Crippen MR) is 86.8 cm³/mol. The van der Waals surface area contributed by atoms with E-state index in [-0.39, 0.29) is 11.8 Å². The van der Waals surface area contributed by atoms with Crippen LogP contribution in [0.2, 0.25) is 0 Å². The van der Waals surface area contributed by atoms with E-state index in [0.29, 0.717) is 19.5 Å². The van der Waals surface area contributed by atoms with E-state index in [0.717, 1.165) is 18.7 Å². The minimum Gasteiger partial charge on any atom is -0.355 e.